The first-order chi connectivity index (χ1) is 24.7. The lowest BCUT2D eigenvalue weighted by Crippen LogP contribution is -2.36. The maximum Gasteiger partial charge on any atom is 0.318 e. The topological polar surface area (TPSA) is 95.7 Å². The molecule has 0 spiro atoms. The first-order valence-electron chi connectivity index (χ1n) is 18.7. The number of anilines is 1. The van der Waals surface area contributed by atoms with Gasteiger partial charge in [-0.15, -0.1) is 0 Å². The van der Waals surface area contributed by atoms with Crippen molar-refractivity contribution in [2.75, 3.05) is 51.8 Å². The Morgan fingerprint density at radius 1 is 1.12 bits per heavy atom. The van der Waals surface area contributed by atoms with Gasteiger partial charge >= 0.3 is 6.01 Å². The van der Waals surface area contributed by atoms with Crippen molar-refractivity contribution >= 4 is 23.0 Å². The molecule has 0 amide bonds. The van der Waals surface area contributed by atoms with Gasteiger partial charge in [0.2, 0.25) is 11.7 Å². The van der Waals surface area contributed by atoms with Crippen LogP contribution in [0.5, 0.6) is 6.01 Å². The molecule has 1 aromatic carbocycles. The molecule has 0 aliphatic carbocycles. The third-order valence-electron chi connectivity index (χ3n) is 10.7. The van der Waals surface area contributed by atoms with Crippen molar-refractivity contribution in [3.63, 3.8) is 0 Å². The second-order valence-corrected chi connectivity index (χ2v) is 14.7. The number of halogens is 2. The van der Waals surface area contributed by atoms with Crippen LogP contribution in [0.15, 0.2) is 45.1 Å². The molecule has 51 heavy (non-hydrogen) atoms. The van der Waals surface area contributed by atoms with Gasteiger partial charge in [-0.25, -0.2) is 4.39 Å². The Morgan fingerprint density at radius 3 is 2.67 bits per heavy atom. The number of likely N-dealkylation sites (N-methyl/N-ethyl adjacent to an activating group) is 1. The average molecular weight is 721 g/mol. The number of rotatable bonds is 8. The highest BCUT2D eigenvalue weighted by Gasteiger charge is 2.35. The van der Waals surface area contributed by atoms with Gasteiger partial charge in [-0.1, -0.05) is 66.9 Å². The van der Waals surface area contributed by atoms with Crippen LogP contribution in [0.1, 0.15) is 99.4 Å². The Kier molecular flexibility index (Phi) is 12.3. The smallest absolute Gasteiger partial charge is 0.318 e. The molecule has 0 saturated carbocycles. The van der Waals surface area contributed by atoms with Gasteiger partial charge in [-0.3, -0.25) is 9.80 Å². The van der Waals surface area contributed by atoms with Gasteiger partial charge in [-0.05, 0) is 70.2 Å². The molecule has 4 aliphatic heterocycles. The molecule has 4 aliphatic rings. The minimum Gasteiger partial charge on any atom is -0.467 e. The molecule has 3 fully saturated rings. The number of nitrogens with zero attached hydrogens (tertiary/aromatic N) is 7. The van der Waals surface area contributed by atoms with Gasteiger partial charge in [-0.2, -0.15) is 15.0 Å². The lowest BCUT2D eigenvalue weighted by atomic mass is 9.89. The number of alkyl halides is 1. The van der Waals surface area contributed by atoms with Crippen LogP contribution in [0.25, 0.3) is 5.57 Å². The number of allylic oxidation sites excluding steroid dienone is 3. The van der Waals surface area contributed by atoms with Crippen LogP contribution in [0.2, 0.25) is 0 Å². The van der Waals surface area contributed by atoms with Gasteiger partial charge in [0.25, 0.3) is 0 Å². The minimum absolute atomic E-state index is 0.242. The molecule has 7 rings (SSSR count). The quantitative estimate of drug-likeness (QED) is 0.258. The third kappa shape index (κ3) is 8.42. The molecule has 3 saturated heterocycles. The molecule has 10 nitrogen and oxygen atoms in total. The van der Waals surface area contributed by atoms with Crippen LogP contribution in [-0.2, 0) is 19.4 Å². The number of fused-ring (bicyclic) bond motifs is 2. The van der Waals surface area contributed by atoms with Gasteiger partial charge in [0.15, 0.2) is 0 Å². The summed E-state index contributed by atoms with van der Waals surface area (Å²) in [5, 5.41) is 8.39. The summed E-state index contributed by atoms with van der Waals surface area (Å²) in [7, 11) is 3.84. The minimum atomic E-state index is -0.518. The maximum atomic E-state index is 12.6. The van der Waals surface area contributed by atoms with E-state index in [9.17, 15) is 4.39 Å². The van der Waals surface area contributed by atoms with E-state index in [0.29, 0.717) is 41.9 Å². The van der Waals surface area contributed by atoms with Crippen LogP contribution >= 0.6 is 11.6 Å². The van der Waals surface area contributed by atoms with E-state index in [2.05, 4.69) is 82.2 Å². The van der Waals surface area contributed by atoms with Crippen molar-refractivity contribution in [1.29, 1.82) is 0 Å². The average Bonchev–Trinajstić information content (AvgIpc) is 3.79. The molecule has 0 bridgehead atoms. The molecule has 276 valence electrons. The van der Waals surface area contributed by atoms with E-state index in [1.165, 1.54) is 24.0 Å². The van der Waals surface area contributed by atoms with Crippen LogP contribution in [0.4, 0.5) is 10.2 Å². The lowest BCUT2D eigenvalue weighted by molar-refractivity contribution is 0.212. The Labute approximate surface area is 307 Å². The molecule has 12 heteroatoms. The van der Waals surface area contributed by atoms with Gasteiger partial charge in [0.1, 0.15) is 12.0 Å². The number of hydrogen-bond donors (Lipinski definition) is 1. The fourth-order valence-corrected chi connectivity index (χ4v) is 8.35. The normalized spacial score (nSPS) is 23.8. The van der Waals surface area contributed by atoms with Crippen LogP contribution in [0, 0.1) is 6.92 Å². The SMILES string of the molecule is CCCc1ccccc1C1Cc2nc(OC)nc(N3CCCN/C(=C(Cl)\C(=C(/C)CC)c4noc(C)n4)C3)c2CN1C.FC1CC2CCCN2C1. The van der Waals surface area contributed by atoms with Crippen molar-refractivity contribution in [2.24, 2.45) is 0 Å². The summed E-state index contributed by atoms with van der Waals surface area (Å²) in [4.78, 5) is 21.3. The van der Waals surface area contributed by atoms with Gasteiger partial charge < -0.3 is 19.5 Å². The summed E-state index contributed by atoms with van der Waals surface area (Å²) in [5.74, 6) is 1.93. The fraction of sp³-hybridized carbons (Fsp3) is 0.590. The number of nitrogens with one attached hydrogen (secondary N) is 1. The molecule has 2 aromatic heterocycles. The van der Waals surface area contributed by atoms with E-state index in [1.54, 1.807) is 14.0 Å². The monoisotopic (exact) mass is 720 g/mol. The molecule has 6 heterocycles. The molecule has 3 unspecified atom stereocenters. The Hall–Kier alpha value is -3.54. The van der Waals surface area contributed by atoms with Crippen LogP contribution in [-0.4, -0.2) is 89.0 Å². The number of ether oxygens (including phenoxy) is 1. The van der Waals surface area contributed by atoms with Crippen molar-refractivity contribution in [2.45, 2.75) is 104 Å². The summed E-state index contributed by atoms with van der Waals surface area (Å²) in [5.41, 5.74) is 7.82. The fourth-order valence-electron chi connectivity index (χ4n) is 7.98. The summed E-state index contributed by atoms with van der Waals surface area (Å²) < 4.78 is 23.6. The summed E-state index contributed by atoms with van der Waals surface area (Å²) in [6.07, 6.45) is 7.56. The lowest BCUT2D eigenvalue weighted by Gasteiger charge is -2.37. The van der Waals surface area contributed by atoms with E-state index >= 15 is 0 Å². The van der Waals surface area contributed by atoms with E-state index in [-0.39, 0.29) is 6.04 Å². The number of aromatic nitrogens is 4. The molecular formula is C39H54ClFN8O2. The third-order valence-corrected chi connectivity index (χ3v) is 11.2. The van der Waals surface area contributed by atoms with Crippen molar-refractivity contribution in [3.05, 3.63) is 74.7 Å². The second kappa shape index (κ2) is 16.9. The number of benzene rings is 1. The van der Waals surface area contributed by atoms with Crippen LogP contribution < -0.4 is 15.0 Å². The Balaban J connectivity index is 0.000000428. The van der Waals surface area contributed by atoms with E-state index in [4.69, 9.17) is 30.8 Å². The Morgan fingerprint density at radius 2 is 1.94 bits per heavy atom. The number of aryl methyl sites for hydroxylation is 2. The number of hydrogen-bond acceptors (Lipinski definition) is 10. The summed E-state index contributed by atoms with van der Waals surface area (Å²) in [6, 6.07) is 10.1. The highest BCUT2D eigenvalue weighted by atomic mass is 35.5. The predicted molar refractivity (Wildman–Crippen MR) is 201 cm³/mol. The van der Waals surface area contributed by atoms with Crippen molar-refractivity contribution < 1.29 is 13.7 Å². The summed E-state index contributed by atoms with van der Waals surface area (Å²) in [6.45, 7) is 13.0. The highest BCUT2D eigenvalue weighted by molar-refractivity contribution is 6.37. The predicted octanol–water partition coefficient (Wildman–Crippen LogP) is 7.18. The first kappa shape index (κ1) is 37.2. The first-order valence-corrected chi connectivity index (χ1v) is 19.1. The summed E-state index contributed by atoms with van der Waals surface area (Å²) >= 11 is 7.17. The molecule has 3 aromatic rings. The van der Waals surface area contributed by atoms with Crippen LogP contribution in [0.3, 0.4) is 0 Å². The second-order valence-electron chi connectivity index (χ2n) is 14.3. The van der Waals surface area contributed by atoms with E-state index in [1.807, 2.05) is 0 Å². The highest BCUT2D eigenvalue weighted by Crippen LogP contribution is 2.39. The number of methoxy groups -OCH3 is 1. The van der Waals surface area contributed by atoms with Crippen molar-refractivity contribution in [3.8, 4) is 6.01 Å². The molecule has 1 N–H and O–H groups in total. The molecule has 0 radical (unpaired) electrons. The standard InChI is InChI=1S/C32H42ClN7O2.C7H12FN/c1-7-12-22-13-9-10-14-23(22)27-17-25-24(18-39(27)5)31(37-32(36-25)41-6)40-16-11-15-34-26(19-40)29(33)28(20(3)8-2)30-35-21(4)42-38-30;8-6-4-7-2-1-3-9(7)5-6/h9-10,13-14,27,34H,7-8,11-12,15-19H2,1-6H3;6-7H,1-5H2/b28-20-,29-26+;. The van der Waals surface area contributed by atoms with Gasteiger partial charge in [0, 0.05) is 62.7 Å². The molecule has 3 atom stereocenters. The zero-order valence-electron chi connectivity index (χ0n) is 31.1. The zero-order chi connectivity index (χ0) is 36.1. The van der Waals surface area contributed by atoms with Gasteiger partial charge in [0.05, 0.1) is 30.1 Å². The zero-order valence-corrected chi connectivity index (χ0v) is 31.9. The Bertz CT molecular complexity index is 1710. The maximum absolute atomic E-state index is 12.6. The van der Waals surface area contributed by atoms with E-state index in [0.717, 1.165) is 98.6 Å². The largest absolute Gasteiger partial charge is 0.467 e. The van der Waals surface area contributed by atoms with Crippen molar-refractivity contribution in [1.82, 2.24) is 35.2 Å². The van der Waals surface area contributed by atoms with E-state index < -0.39 is 6.17 Å². The molecular weight excluding hydrogens is 667 g/mol.